The van der Waals surface area contributed by atoms with Gasteiger partial charge in [-0.3, -0.25) is 9.89 Å². The van der Waals surface area contributed by atoms with E-state index in [-0.39, 0.29) is 11.6 Å². The Bertz CT molecular complexity index is 687. The fraction of sp³-hybridized carbons (Fsp3) is 0.682. The van der Waals surface area contributed by atoms with Crippen LogP contribution in [0.5, 0.6) is 11.5 Å². The van der Waals surface area contributed by atoms with E-state index in [0.29, 0.717) is 0 Å². The van der Waals surface area contributed by atoms with Crippen LogP contribution in [0.2, 0.25) is 0 Å². The Hall–Kier alpha value is -2.03. The summed E-state index contributed by atoms with van der Waals surface area (Å²) in [4.78, 5) is 9.05. The van der Waals surface area contributed by atoms with Crippen molar-refractivity contribution in [1.82, 2.24) is 20.4 Å². The fourth-order valence-electron chi connectivity index (χ4n) is 3.28. The maximum Gasteiger partial charge on any atom is 0.191 e. The number of rotatable bonds is 9. The molecule has 30 heavy (non-hydrogen) atoms. The van der Waals surface area contributed by atoms with Crippen molar-refractivity contribution < 1.29 is 14.2 Å². The van der Waals surface area contributed by atoms with Crippen molar-refractivity contribution in [3.63, 3.8) is 0 Å². The first-order valence-electron chi connectivity index (χ1n) is 10.5. The Morgan fingerprint density at radius 2 is 1.83 bits per heavy atom. The Labute approximate surface area is 181 Å². The van der Waals surface area contributed by atoms with Crippen molar-refractivity contribution in [2.24, 2.45) is 4.99 Å². The first-order chi connectivity index (χ1) is 14.3. The number of methoxy groups -OCH3 is 2. The van der Waals surface area contributed by atoms with Crippen LogP contribution < -0.4 is 20.1 Å². The SMILES string of the molecule is CN=C(NCC(c1ccc(OC)c(OC)c1)N1CCOCC1)NCC(C)(C)N(C)C. The quantitative estimate of drug-likeness (QED) is 0.463. The zero-order chi connectivity index (χ0) is 22.1. The molecule has 1 unspecified atom stereocenters. The van der Waals surface area contributed by atoms with Crippen LogP contribution in [0.4, 0.5) is 0 Å². The van der Waals surface area contributed by atoms with E-state index in [4.69, 9.17) is 14.2 Å². The van der Waals surface area contributed by atoms with E-state index in [1.54, 1.807) is 21.3 Å². The van der Waals surface area contributed by atoms with E-state index in [2.05, 4.69) is 65.5 Å². The number of hydrogen-bond acceptors (Lipinski definition) is 6. The molecule has 170 valence electrons. The molecule has 1 fully saturated rings. The lowest BCUT2D eigenvalue weighted by Crippen LogP contribution is -2.52. The van der Waals surface area contributed by atoms with Gasteiger partial charge in [-0.15, -0.1) is 0 Å². The van der Waals surface area contributed by atoms with E-state index >= 15 is 0 Å². The molecule has 1 atom stereocenters. The fourth-order valence-corrected chi connectivity index (χ4v) is 3.28. The smallest absolute Gasteiger partial charge is 0.191 e. The molecule has 1 aromatic rings. The predicted octanol–water partition coefficient (Wildman–Crippen LogP) is 1.58. The number of aliphatic imine (C=N–C) groups is 1. The van der Waals surface area contributed by atoms with Gasteiger partial charge in [-0.25, -0.2) is 0 Å². The predicted molar refractivity (Wildman–Crippen MR) is 122 cm³/mol. The highest BCUT2D eigenvalue weighted by Gasteiger charge is 2.25. The molecule has 2 N–H and O–H groups in total. The monoisotopic (exact) mass is 421 g/mol. The zero-order valence-corrected chi connectivity index (χ0v) is 19.6. The van der Waals surface area contributed by atoms with Crippen molar-refractivity contribution >= 4 is 5.96 Å². The molecule has 1 saturated heterocycles. The molecule has 1 aliphatic rings. The van der Waals surface area contributed by atoms with Crippen molar-refractivity contribution in [3.8, 4) is 11.5 Å². The Kier molecular flexibility index (Phi) is 9.20. The molecule has 0 aromatic heterocycles. The van der Waals surface area contributed by atoms with Crippen LogP contribution in [0, 0.1) is 0 Å². The summed E-state index contributed by atoms with van der Waals surface area (Å²) in [6.45, 7) is 9.18. The van der Waals surface area contributed by atoms with Gasteiger partial charge in [0, 0.05) is 38.8 Å². The number of nitrogens with one attached hydrogen (secondary N) is 2. The number of nitrogens with zero attached hydrogens (tertiary/aromatic N) is 3. The molecule has 8 heteroatoms. The van der Waals surface area contributed by atoms with Crippen molar-refractivity contribution in [1.29, 1.82) is 0 Å². The summed E-state index contributed by atoms with van der Waals surface area (Å²) in [5.74, 6) is 2.27. The minimum atomic E-state index is 0.0184. The largest absolute Gasteiger partial charge is 0.493 e. The summed E-state index contributed by atoms with van der Waals surface area (Å²) in [7, 11) is 9.30. The lowest BCUT2D eigenvalue weighted by atomic mass is 10.0. The first kappa shape index (κ1) is 24.2. The van der Waals surface area contributed by atoms with Gasteiger partial charge in [-0.1, -0.05) is 6.07 Å². The van der Waals surface area contributed by atoms with Gasteiger partial charge in [0.15, 0.2) is 17.5 Å². The van der Waals surface area contributed by atoms with E-state index in [1.807, 2.05) is 6.07 Å². The summed E-state index contributed by atoms with van der Waals surface area (Å²) in [5.41, 5.74) is 1.19. The van der Waals surface area contributed by atoms with Crippen molar-refractivity contribution in [2.45, 2.75) is 25.4 Å². The van der Waals surface area contributed by atoms with Crippen LogP contribution >= 0.6 is 0 Å². The minimum Gasteiger partial charge on any atom is -0.493 e. The van der Waals surface area contributed by atoms with Crippen LogP contribution in [0.1, 0.15) is 25.5 Å². The lowest BCUT2D eigenvalue weighted by Gasteiger charge is -2.36. The normalized spacial score (nSPS) is 17.0. The second-order valence-electron chi connectivity index (χ2n) is 8.29. The zero-order valence-electron chi connectivity index (χ0n) is 19.6. The molecule has 2 rings (SSSR count). The van der Waals surface area contributed by atoms with Gasteiger partial charge < -0.3 is 29.7 Å². The van der Waals surface area contributed by atoms with E-state index < -0.39 is 0 Å². The second kappa shape index (κ2) is 11.4. The van der Waals surface area contributed by atoms with Gasteiger partial charge in [0.25, 0.3) is 0 Å². The minimum absolute atomic E-state index is 0.0184. The van der Waals surface area contributed by atoms with Gasteiger partial charge in [0.05, 0.1) is 33.5 Å². The third-order valence-corrected chi connectivity index (χ3v) is 5.86. The van der Waals surface area contributed by atoms with Crippen LogP contribution in [0.3, 0.4) is 0 Å². The highest BCUT2D eigenvalue weighted by Crippen LogP contribution is 2.32. The third kappa shape index (κ3) is 6.48. The summed E-state index contributed by atoms with van der Waals surface area (Å²) in [6, 6.07) is 6.29. The van der Waals surface area contributed by atoms with Crippen LogP contribution in [-0.2, 0) is 4.74 Å². The molecule has 0 amide bonds. The summed E-state index contributed by atoms with van der Waals surface area (Å²) in [6.07, 6.45) is 0. The number of hydrogen-bond donors (Lipinski definition) is 2. The number of ether oxygens (including phenoxy) is 3. The number of benzene rings is 1. The summed E-state index contributed by atoms with van der Waals surface area (Å²) >= 11 is 0. The van der Waals surface area contributed by atoms with E-state index in [0.717, 1.165) is 56.9 Å². The van der Waals surface area contributed by atoms with Gasteiger partial charge in [-0.05, 0) is 45.6 Å². The molecule has 0 saturated carbocycles. The number of morpholine rings is 1. The lowest BCUT2D eigenvalue weighted by molar-refractivity contribution is 0.0169. The van der Waals surface area contributed by atoms with Crippen LogP contribution in [0.15, 0.2) is 23.2 Å². The van der Waals surface area contributed by atoms with Gasteiger partial charge >= 0.3 is 0 Å². The van der Waals surface area contributed by atoms with Crippen molar-refractivity contribution in [3.05, 3.63) is 23.8 Å². The highest BCUT2D eigenvalue weighted by molar-refractivity contribution is 5.79. The molecule has 8 nitrogen and oxygen atoms in total. The van der Waals surface area contributed by atoms with E-state index in [9.17, 15) is 0 Å². The Morgan fingerprint density at radius 3 is 2.40 bits per heavy atom. The van der Waals surface area contributed by atoms with Crippen LogP contribution in [-0.4, -0.2) is 96.1 Å². The Balaban J connectivity index is 2.14. The third-order valence-electron chi connectivity index (χ3n) is 5.86. The molecule has 1 heterocycles. The summed E-state index contributed by atoms with van der Waals surface area (Å²) in [5, 5.41) is 6.96. The maximum atomic E-state index is 5.56. The molecular weight excluding hydrogens is 382 g/mol. The maximum absolute atomic E-state index is 5.56. The standard InChI is InChI=1S/C22H39N5O3/c1-22(2,26(4)5)16-25-21(23-3)24-15-18(27-10-12-30-13-11-27)17-8-9-19(28-6)20(14-17)29-7/h8-9,14,18H,10-13,15-16H2,1-7H3,(H2,23,24,25). The van der Waals surface area contributed by atoms with E-state index in [1.165, 1.54) is 5.56 Å². The van der Waals surface area contributed by atoms with Crippen molar-refractivity contribution in [2.75, 3.05) is 74.8 Å². The molecule has 0 radical (unpaired) electrons. The second-order valence-corrected chi connectivity index (χ2v) is 8.29. The highest BCUT2D eigenvalue weighted by atomic mass is 16.5. The number of likely N-dealkylation sites (N-methyl/N-ethyl adjacent to an activating group) is 1. The summed E-state index contributed by atoms with van der Waals surface area (Å²) < 4.78 is 16.5. The molecule has 1 aromatic carbocycles. The van der Waals surface area contributed by atoms with Gasteiger partial charge in [-0.2, -0.15) is 0 Å². The van der Waals surface area contributed by atoms with Gasteiger partial charge in [0.1, 0.15) is 0 Å². The van der Waals surface area contributed by atoms with Gasteiger partial charge in [0.2, 0.25) is 0 Å². The first-order valence-corrected chi connectivity index (χ1v) is 10.5. The Morgan fingerprint density at radius 1 is 1.17 bits per heavy atom. The average molecular weight is 422 g/mol. The molecule has 0 aliphatic carbocycles. The molecule has 0 spiro atoms. The average Bonchev–Trinajstić information content (AvgIpc) is 2.76. The molecular formula is C22H39N5O3. The van der Waals surface area contributed by atoms with Crippen LogP contribution in [0.25, 0.3) is 0 Å². The topological polar surface area (TPSA) is 70.6 Å². The molecule has 0 bridgehead atoms. The molecule has 1 aliphatic heterocycles. The number of guanidine groups is 1.